The van der Waals surface area contributed by atoms with E-state index in [0.29, 0.717) is 0 Å². The van der Waals surface area contributed by atoms with E-state index in [1.165, 1.54) is 56.9 Å². The van der Waals surface area contributed by atoms with Crippen molar-refractivity contribution in [3.8, 4) is 0 Å². The first kappa shape index (κ1) is 21.8. The molecule has 0 unspecified atom stereocenters. The maximum absolute atomic E-state index is 12.8. The van der Waals surface area contributed by atoms with Crippen LogP contribution in [0.4, 0.5) is 10.5 Å². The average molecular weight is 374 g/mol. The number of anilines is 1. The van der Waals surface area contributed by atoms with E-state index in [2.05, 4.69) is 31.2 Å². The van der Waals surface area contributed by atoms with E-state index >= 15 is 0 Å². The van der Waals surface area contributed by atoms with Gasteiger partial charge in [0.25, 0.3) is 0 Å². The molecule has 0 saturated heterocycles. The van der Waals surface area contributed by atoms with Crippen LogP contribution in [0.15, 0.2) is 24.3 Å². The molecule has 1 aliphatic carbocycles. The zero-order chi connectivity index (χ0) is 19.7. The molecule has 1 aromatic carbocycles. The van der Waals surface area contributed by atoms with Gasteiger partial charge < -0.3 is 4.74 Å². The molecule has 1 aliphatic rings. The molecule has 27 heavy (non-hydrogen) atoms. The van der Waals surface area contributed by atoms with Crippen molar-refractivity contribution < 1.29 is 9.53 Å². The minimum atomic E-state index is -0.467. The molecule has 0 spiro atoms. The topological polar surface area (TPSA) is 29.5 Å². The minimum absolute atomic E-state index is 0.210. The first-order valence-electron chi connectivity index (χ1n) is 11.0. The number of hydrogen-bond acceptors (Lipinski definition) is 2. The summed E-state index contributed by atoms with van der Waals surface area (Å²) in [7, 11) is 0. The lowest BCUT2D eigenvalue weighted by Gasteiger charge is -2.31. The second-order valence-electron chi connectivity index (χ2n) is 8.97. The maximum Gasteiger partial charge on any atom is 0.415 e. The quantitative estimate of drug-likeness (QED) is 0.426. The minimum Gasteiger partial charge on any atom is -0.443 e. The van der Waals surface area contributed by atoms with Crippen LogP contribution >= 0.6 is 0 Å². The summed E-state index contributed by atoms with van der Waals surface area (Å²) in [6, 6.07) is 8.86. The number of nitrogens with zero attached hydrogens (tertiary/aromatic N) is 1. The highest BCUT2D eigenvalue weighted by Gasteiger charge is 2.31. The Morgan fingerprint density at radius 3 is 2.19 bits per heavy atom. The van der Waals surface area contributed by atoms with Gasteiger partial charge in [-0.25, -0.2) is 4.79 Å². The Morgan fingerprint density at radius 1 is 1.00 bits per heavy atom. The monoisotopic (exact) mass is 373 g/mol. The first-order valence-corrected chi connectivity index (χ1v) is 11.0. The van der Waals surface area contributed by atoms with E-state index < -0.39 is 5.60 Å². The van der Waals surface area contributed by atoms with Gasteiger partial charge in [-0.2, -0.15) is 0 Å². The summed E-state index contributed by atoms with van der Waals surface area (Å²) >= 11 is 0. The Labute approximate surface area is 166 Å². The Kier molecular flexibility index (Phi) is 8.66. The van der Waals surface area contributed by atoms with Crippen LogP contribution < -0.4 is 4.90 Å². The fraction of sp³-hybridized carbons (Fsp3) is 0.708. The highest BCUT2D eigenvalue weighted by atomic mass is 16.6. The summed E-state index contributed by atoms with van der Waals surface area (Å²) in [6.45, 7) is 8.05. The molecule has 0 bridgehead atoms. The zero-order valence-corrected chi connectivity index (χ0v) is 17.9. The van der Waals surface area contributed by atoms with Crippen molar-refractivity contribution in [1.82, 2.24) is 0 Å². The van der Waals surface area contributed by atoms with Crippen molar-refractivity contribution in [1.29, 1.82) is 0 Å². The van der Waals surface area contributed by atoms with Crippen LogP contribution in [-0.2, 0) is 11.2 Å². The lowest BCUT2D eigenvalue weighted by atomic mass is 10.0. The van der Waals surface area contributed by atoms with Crippen molar-refractivity contribution in [3.63, 3.8) is 0 Å². The third-order valence-electron chi connectivity index (χ3n) is 5.31. The Morgan fingerprint density at radius 2 is 1.59 bits per heavy atom. The molecule has 1 aromatic rings. The Balaban J connectivity index is 1.96. The Bertz CT molecular complexity index is 553. The SMILES string of the molecule is CCCCCCCCc1ccc(N(C(=O)OC(C)(C)C)C2CCCC2)cc1. The predicted octanol–water partition coefficient (Wildman–Crippen LogP) is 7.27. The summed E-state index contributed by atoms with van der Waals surface area (Å²) in [5, 5.41) is 0. The molecule has 0 aromatic heterocycles. The largest absolute Gasteiger partial charge is 0.443 e. The lowest BCUT2D eigenvalue weighted by molar-refractivity contribution is 0.0566. The zero-order valence-electron chi connectivity index (χ0n) is 17.9. The number of aryl methyl sites for hydroxylation is 1. The fourth-order valence-corrected chi connectivity index (χ4v) is 3.87. The van der Waals surface area contributed by atoms with Gasteiger partial charge in [-0.05, 0) is 64.2 Å². The third kappa shape index (κ3) is 7.56. The second-order valence-corrected chi connectivity index (χ2v) is 8.97. The van der Waals surface area contributed by atoms with Crippen molar-refractivity contribution in [2.75, 3.05) is 4.90 Å². The molecule has 152 valence electrons. The van der Waals surface area contributed by atoms with Gasteiger partial charge in [-0.1, -0.05) is 64.0 Å². The number of rotatable bonds is 9. The number of ether oxygens (including phenoxy) is 1. The number of unbranched alkanes of at least 4 members (excludes halogenated alkanes) is 5. The van der Waals surface area contributed by atoms with Crippen LogP contribution in [0.1, 0.15) is 97.5 Å². The molecule has 1 amide bonds. The molecule has 3 nitrogen and oxygen atoms in total. The molecule has 0 N–H and O–H groups in total. The van der Waals surface area contributed by atoms with E-state index in [9.17, 15) is 4.79 Å². The molecule has 1 saturated carbocycles. The summed E-state index contributed by atoms with van der Waals surface area (Å²) < 4.78 is 5.70. The van der Waals surface area contributed by atoms with Gasteiger partial charge in [0.2, 0.25) is 0 Å². The third-order valence-corrected chi connectivity index (χ3v) is 5.31. The highest BCUT2D eigenvalue weighted by Crippen LogP contribution is 2.30. The molecule has 2 rings (SSSR count). The van der Waals surface area contributed by atoms with Crippen molar-refractivity contribution in [2.24, 2.45) is 0 Å². The molecule has 1 fully saturated rings. The number of amides is 1. The fourth-order valence-electron chi connectivity index (χ4n) is 3.87. The van der Waals surface area contributed by atoms with Crippen molar-refractivity contribution >= 4 is 11.8 Å². The van der Waals surface area contributed by atoms with Crippen LogP contribution in [0.3, 0.4) is 0 Å². The normalized spacial score (nSPS) is 15.1. The van der Waals surface area contributed by atoms with E-state index in [4.69, 9.17) is 4.74 Å². The molecular formula is C24H39NO2. The number of hydrogen-bond donors (Lipinski definition) is 0. The molecule has 0 radical (unpaired) electrons. The maximum atomic E-state index is 12.8. The van der Waals surface area contributed by atoms with E-state index in [1.54, 1.807) is 0 Å². The number of carbonyl (C=O) groups is 1. The predicted molar refractivity (Wildman–Crippen MR) is 114 cm³/mol. The van der Waals surface area contributed by atoms with Gasteiger partial charge in [0, 0.05) is 11.7 Å². The van der Waals surface area contributed by atoms with Gasteiger partial charge in [-0.3, -0.25) is 4.90 Å². The van der Waals surface area contributed by atoms with E-state index in [1.807, 2.05) is 25.7 Å². The van der Waals surface area contributed by atoms with Gasteiger partial charge in [0.05, 0.1) is 0 Å². The highest BCUT2D eigenvalue weighted by molar-refractivity contribution is 5.88. The summed E-state index contributed by atoms with van der Waals surface area (Å²) in [5.41, 5.74) is 1.87. The van der Waals surface area contributed by atoms with Crippen molar-refractivity contribution in [2.45, 2.75) is 110 Å². The van der Waals surface area contributed by atoms with E-state index in [-0.39, 0.29) is 12.1 Å². The molecule has 0 atom stereocenters. The Hall–Kier alpha value is -1.51. The van der Waals surface area contributed by atoms with Crippen LogP contribution in [0.5, 0.6) is 0 Å². The van der Waals surface area contributed by atoms with Crippen LogP contribution in [0.2, 0.25) is 0 Å². The van der Waals surface area contributed by atoms with Gasteiger partial charge in [0.15, 0.2) is 0 Å². The number of benzene rings is 1. The van der Waals surface area contributed by atoms with Gasteiger partial charge in [0.1, 0.15) is 5.60 Å². The molecule has 3 heteroatoms. The second kappa shape index (κ2) is 10.7. The summed E-state index contributed by atoms with van der Waals surface area (Å²) in [4.78, 5) is 14.7. The summed E-state index contributed by atoms with van der Waals surface area (Å²) in [5.74, 6) is 0. The van der Waals surface area contributed by atoms with Crippen molar-refractivity contribution in [3.05, 3.63) is 29.8 Å². The van der Waals surface area contributed by atoms with Crippen LogP contribution in [-0.4, -0.2) is 17.7 Å². The van der Waals surface area contributed by atoms with Crippen LogP contribution in [0, 0.1) is 0 Å². The van der Waals surface area contributed by atoms with Gasteiger partial charge >= 0.3 is 6.09 Å². The first-order chi connectivity index (χ1) is 12.9. The lowest BCUT2D eigenvalue weighted by Crippen LogP contribution is -2.42. The smallest absolute Gasteiger partial charge is 0.415 e. The molecular weight excluding hydrogens is 334 g/mol. The van der Waals surface area contributed by atoms with Gasteiger partial charge in [-0.15, -0.1) is 0 Å². The van der Waals surface area contributed by atoms with Crippen LogP contribution in [0.25, 0.3) is 0 Å². The number of carbonyl (C=O) groups excluding carboxylic acids is 1. The summed E-state index contributed by atoms with van der Waals surface area (Å²) in [6.07, 6.45) is 13.4. The van der Waals surface area contributed by atoms with E-state index in [0.717, 1.165) is 24.9 Å². The molecule has 0 heterocycles. The standard InChI is InChI=1S/C24H39NO2/c1-5-6-7-8-9-10-13-20-16-18-22(19-17-20)25(21-14-11-12-15-21)23(26)27-24(2,3)4/h16-19,21H,5-15H2,1-4H3. The molecule has 0 aliphatic heterocycles. The average Bonchev–Trinajstić information content (AvgIpc) is 3.12.